The van der Waals surface area contributed by atoms with Gasteiger partial charge in [-0.25, -0.2) is 4.39 Å². The average Bonchev–Trinajstić information content (AvgIpc) is 3.43. The third-order valence-corrected chi connectivity index (χ3v) is 8.97. The van der Waals surface area contributed by atoms with Crippen molar-refractivity contribution in [1.82, 2.24) is 0 Å². The van der Waals surface area contributed by atoms with Crippen molar-refractivity contribution in [3.05, 3.63) is 146 Å². The highest BCUT2D eigenvalue weighted by atomic mass is 35.5. The van der Waals surface area contributed by atoms with E-state index in [1.54, 1.807) is 65.6 Å². The molecule has 0 amide bonds. The minimum atomic E-state index is -1.79. The Bertz CT molecular complexity index is 1850. The highest BCUT2D eigenvalue weighted by molar-refractivity contribution is 6.35. The number of fused-ring (bicyclic) bond motifs is 5. The Balaban J connectivity index is 1.55. The van der Waals surface area contributed by atoms with Crippen LogP contribution in [0.1, 0.15) is 48.1 Å². The first-order valence-electron chi connectivity index (χ1n) is 13.2. The number of hydrogen-bond acceptors (Lipinski definition) is 6. The maximum Gasteiger partial charge on any atom is 0.269 e. The van der Waals surface area contributed by atoms with E-state index in [9.17, 15) is 28.9 Å². The summed E-state index contributed by atoms with van der Waals surface area (Å²) in [5.41, 5.74) is 0.104. The molecule has 0 N–H and O–H groups in total. The molecule has 0 saturated carbocycles. The Kier molecular flexibility index (Phi) is 5.75. The first-order chi connectivity index (χ1) is 20.2. The third-order valence-electron chi connectivity index (χ3n) is 8.64. The van der Waals surface area contributed by atoms with Gasteiger partial charge in [-0.3, -0.25) is 24.5 Å². The van der Waals surface area contributed by atoms with Gasteiger partial charge in [-0.05, 0) is 35.9 Å². The summed E-state index contributed by atoms with van der Waals surface area (Å²) in [6, 6.07) is 20.7. The predicted octanol–water partition coefficient (Wildman–Crippen LogP) is 6.70. The van der Waals surface area contributed by atoms with Gasteiger partial charge >= 0.3 is 0 Å². The lowest BCUT2D eigenvalue weighted by Gasteiger charge is -2.37. The first kappa shape index (κ1) is 26.0. The second-order valence-electron chi connectivity index (χ2n) is 10.6. The SMILES string of the molecule is O=C(c1ccccc1Cl)[C@H]1[C@H](c2ccc([N+](=O)[O-])cc2)C2(C(=O)c3ccccc3C2=O)[C@H]2C=Cc3cc(F)ccc3N12. The van der Waals surface area contributed by atoms with Gasteiger partial charge in [0.1, 0.15) is 17.3 Å². The number of Topliss-reactive ketones (excluding diaryl/α,β-unsaturated/α-hetero) is 3. The van der Waals surface area contributed by atoms with Crippen molar-refractivity contribution in [2.75, 3.05) is 4.90 Å². The molecule has 2 heterocycles. The van der Waals surface area contributed by atoms with Gasteiger partial charge in [-0.1, -0.05) is 72.3 Å². The van der Waals surface area contributed by atoms with Crippen LogP contribution in [0.4, 0.5) is 15.8 Å². The first-order valence-corrected chi connectivity index (χ1v) is 13.6. The van der Waals surface area contributed by atoms with E-state index in [4.69, 9.17) is 11.6 Å². The minimum absolute atomic E-state index is 0.175. The molecule has 7 rings (SSSR count). The van der Waals surface area contributed by atoms with Gasteiger partial charge in [-0.2, -0.15) is 0 Å². The second kappa shape index (κ2) is 9.29. The molecular weight excluding hydrogens is 559 g/mol. The van der Waals surface area contributed by atoms with E-state index in [0.717, 1.165) is 0 Å². The molecule has 0 aromatic heterocycles. The number of nitro groups is 1. The Morgan fingerprint density at radius 3 is 2.19 bits per heavy atom. The summed E-state index contributed by atoms with van der Waals surface area (Å²) in [5, 5.41) is 11.7. The molecule has 1 aliphatic carbocycles. The molecule has 0 unspecified atom stereocenters. The maximum atomic E-state index is 14.6. The topological polar surface area (TPSA) is 97.6 Å². The fourth-order valence-corrected chi connectivity index (χ4v) is 7.17. The molecule has 9 heteroatoms. The van der Waals surface area contributed by atoms with Crippen molar-refractivity contribution < 1.29 is 23.7 Å². The lowest BCUT2D eigenvalue weighted by atomic mass is 9.64. The average molecular weight is 579 g/mol. The molecule has 42 heavy (non-hydrogen) atoms. The van der Waals surface area contributed by atoms with Crippen LogP contribution in [-0.4, -0.2) is 34.4 Å². The smallest absolute Gasteiger partial charge is 0.269 e. The van der Waals surface area contributed by atoms with Crippen LogP contribution in [-0.2, 0) is 0 Å². The summed E-state index contributed by atoms with van der Waals surface area (Å²) in [6.07, 6.45) is 3.35. The van der Waals surface area contributed by atoms with Crippen molar-refractivity contribution in [2.24, 2.45) is 5.41 Å². The summed E-state index contributed by atoms with van der Waals surface area (Å²) in [6.45, 7) is 0. The van der Waals surface area contributed by atoms with E-state index >= 15 is 0 Å². The quantitative estimate of drug-likeness (QED) is 0.116. The molecule has 1 spiro atoms. The van der Waals surface area contributed by atoms with Crippen LogP contribution < -0.4 is 4.90 Å². The standard InChI is InChI=1S/C33H20ClFN2O5/c34-25-8-4-3-7-24(25)30(38)29-28(18-9-13-21(14-10-18)37(41)42)33(31(39)22-5-1-2-6-23(22)32(33)40)27-16-11-19-17-20(35)12-15-26(19)36(27)29/h1-17,27-29H/t27-,28+,29-/m1/s1. The number of carbonyl (C=O) groups is 3. The van der Waals surface area contributed by atoms with Crippen molar-refractivity contribution in [3.8, 4) is 0 Å². The second-order valence-corrected chi connectivity index (χ2v) is 11.0. The normalized spacial score (nSPS) is 21.3. The van der Waals surface area contributed by atoms with E-state index in [1.807, 2.05) is 0 Å². The predicted molar refractivity (Wildman–Crippen MR) is 155 cm³/mol. The Morgan fingerprint density at radius 1 is 0.905 bits per heavy atom. The van der Waals surface area contributed by atoms with Gasteiger partial charge in [-0.15, -0.1) is 0 Å². The fraction of sp³-hybridized carbons (Fsp3) is 0.121. The number of non-ortho nitro benzene ring substituents is 1. The zero-order chi connectivity index (χ0) is 29.3. The van der Waals surface area contributed by atoms with Gasteiger partial charge in [0.15, 0.2) is 17.3 Å². The molecule has 7 nitrogen and oxygen atoms in total. The molecule has 4 aromatic carbocycles. The molecule has 1 saturated heterocycles. The Labute approximate surface area is 244 Å². The lowest BCUT2D eigenvalue weighted by Crippen LogP contribution is -2.48. The number of halogens is 2. The summed E-state index contributed by atoms with van der Waals surface area (Å²) in [4.78, 5) is 56.5. The van der Waals surface area contributed by atoms with Crippen LogP contribution in [0.5, 0.6) is 0 Å². The molecule has 3 atom stereocenters. The van der Waals surface area contributed by atoms with Crippen molar-refractivity contribution >= 4 is 46.4 Å². The van der Waals surface area contributed by atoms with E-state index in [-0.39, 0.29) is 27.4 Å². The van der Waals surface area contributed by atoms with Crippen LogP contribution in [0.15, 0.2) is 97.1 Å². The monoisotopic (exact) mass is 578 g/mol. The fourth-order valence-electron chi connectivity index (χ4n) is 6.94. The summed E-state index contributed by atoms with van der Waals surface area (Å²) < 4.78 is 14.4. The Hall–Kier alpha value is -4.95. The number of nitro benzene ring substituents is 1. The van der Waals surface area contributed by atoms with E-state index in [1.165, 1.54) is 42.5 Å². The molecule has 4 aromatic rings. The molecular formula is C33H20ClFN2O5. The Morgan fingerprint density at radius 2 is 1.55 bits per heavy atom. The van der Waals surface area contributed by atoms with Gasteiger partial charge in [0.2, 0.25) is 0 Å². The van der Waals surface area contributed by atoms with E-state index < -0.39 is 51.5 Å². The summed E-state index contributed by atoms with van der Waals surface area (Å²) in [7, 11) is 0. The highest BCUT2D eigenvalue weighted by Gasteiger charge is 2.71. The number of nitrogens with zero attached hydrogens (tertiary/aromatic N) is 2. The lowest BCUT2D eigenvalue weighted by molar-refractivity contribution is -0.384. The van der Waals surface area contributed by atoms with Crippen LogP contribution >= 0.6 is 11.6 Å². The minimum Gasteiger partial charge on any atom is -0.352 e. The molecule has 2 aliphatic heterocycles. The van der Waals surface area contributed by atoms with Crippen LogP contribution in [0.25, 0.3) is 6.08 Å². The van der Waals surface area contributed by atoms with Crippen molar-refractivity contribution in [2.45, 2.75) is 18.0 Å². The number of rotatable bonds is 4. The number of ketones is 3. The van der Waals surface area contributed by atoms with Crippen LogP contribution in [0.3, 0.4) is 0 Å². The zero-order valence-electron chi connectivity index (χ0n) is 21.7. The van der Waals surface area contributed by atoms with Crippen LogP contribution in [0, 0.1) is 21.3 Å². The molecule has 3 aliphatic rings. The zero-order valence-corrected chi connectivity index (χ0v) is 22.5. The molecule has 0 radical (unpaired) electrons. The van der Waals surface area contributed by atoms with E-state index in [0.29, 0.717) is 16.8 Å². The molecule has 0 bridgehead atoms. The van der Waals surface area contributed by atoms with Gasteiger partial charge in [0.05, 0.1) is 16.0 Å². The number of hydrogen-bond donors (Lipinski definition) is 0. The largest absolute Gasteiger partial charge is 0.352 e. The summed E-state index contributed by atoms with van der Waals surface area (Å²) >= 11 is 6.51. The van der Waals surface area contributed by atoms with E-state index in [2.05, 4.69) is 0 Å². The number of carbonyl (C=O) groups excluding carboxylic acids is 3. The number of anilines is 1. The van der Waals surface area contributed by atoms with Crippen LogP contribution in [0.2, 0.25) is 5.02 Å². The molecule has 1 fully saturated rings. The molecule has 206 valence electrons. The van der Waals surface area contributed by atoms with Gasteiger partial charge in [0.25, 0.3) is 5.69 Å². The summed E-state index contributed by atoms with van der Waals surface area (Å²) in [5.74, 6) is -2.86. The van der Waals surface area contributed by atoms with Gasteiger partial charge < -0.3 is 4.90 Å². The number of benzene rings is 4. The highest BCUT2D eigenvalue weighted by Crippen LogP contribution is 2.61. The third kappa shape index (κ3) is 3.42. The van der Waals surface area contributed by atoms with Crippen molar-refractivity contribution in [3.63, 3.8) is 0 Å². The van der Waals surface area contributed by atoms with Gasteiger partial charge in [0, 0.05) is 46.0 Å². The maximum absolute atomic E-state index is 14.6. The van der Waals surface area contributed by atoms with Crippen molar-refractivity contribution in [1.29, 1.82) is 0 Å².